The fourth-order valence-electron chi connectivity index (χ4n) is 4.75. The number of nitrogens with zero attached hydrogens (tertiary/aromatic N) is 5. The Morgan fingerprint density at radius 2 is 1.97 bits per heavy atom. The molecule has 29 heavy (non-hydrogen) atoms. The number of nitrogens with two attached hydrogens (primary N) is 1. The van der Waals surface area contributed by atoms with Crippen LogP contribution in [0.25, 0.3) is 0 Å². The van der Waals surface area contributed by atoms with Crippen LogP contribution in [0.2, 0.25) is 0 Å². The van der Waals surface area contributed by atoms with Crippen LogP contribution in [-0.2, 0) is 6.54 Å². The molecule has 4 heterocycles. The molecule has 0 spiro atoms. The monoisotopic (exact) mass is 390 g/mol. The van der Waals surface area contributed by atoms with Crippen molar-refractivity contribution in [2.75, 3.05) is 36.0 Å². The number of aromatic nitrogens is 2. The summed E-state index contributed by atoms with van der Waals surface area (Å²) in [4.78, 5) is 19.3. The average molecular weight is 391 g/mol. The van der Waals surface area contributed by atoms with Crippen LogP contribution >= 0.6 is 0 Å². The van der Waals surface area contributed by atoms with Crippen LogP contribution in [0.15, 0.2) is 35.5 Å². The highest BCUT2D eigenvalue weighted by atomic mass is 15.2. The summed E-state index contributed by atoms with van der Waals surface area (Å²) in [6.45, 7) is 8.93. The molecule has 1 aromatic carbocycles. The largest absolute Gasteiger partial charge is 0.355 e. The number of hydrogen-bond acceptors (Lipinski definition) is 6. The Balaban J connectivity index is 1.39. The first kappa shape index (κ1) is 18.6. The molecule has 152 valence electrons. The van der Waals surface area contributed by atoms with Crippen LogP contribution in [0.3, 0.4) is 0 Å². The lowest BCUT2D eigenvalue weighted by atomic mass is 9.80. The van der Waals surface area contributed by atoms with Gasteiger partial charge in [0.05, 0.1) is 18.4 Å². The highest BCUT2D eigenvalue weighted by Gasteiger charge is 2.32. The van der Waals surface area contributed by atoms with Gasteiger partial charge in [0.25, 0.3) is 0 Å². The van der Waals surface area contributed by atoms with E-state index in [1.165, 1.54) is 11.3 Å². The molecule has 6 nitrogen and oxygen atoms in total. The Kier molecular flexibility index (Phi) is 4.54. The molecule has 5 rings (SSSR count). The van der Waals surface area contributed by atoms with E-state index in [1.807, 2.05) is 6.20 Å². The molecule has 0 unspecified atom stereocenters. The number of piperidine rings is 1. The first-order chi connectivity index (χ1) is 14.1. The van der Waals surface area contributed by atoms with Crippen LogP contribution in [0.1, 0.15) is 56.0 Å². The third-order valence-electron chi connectivity index (χ3n) is 7.01. The van der Waals surface area contributed by atoms with Crippen LogP contribution < -0.4 is 15.5 Å². The third kappa shape index (κ3) is 3.19. The summed E-state index contributed by atoms with van der Waals surface area (Å²) in [6.07, 6.45) is 5.27. The molecule has 2 aromatic rings. The first-order valence-corrected chi connectivity index (χ1v) is 10.8. The summed E-state index contributed by atoms with van der Waals surface area (Å²) in [5, 5.41) is 0. The minimum atomic E-state index is 0.260. The van der Waals surface area contributed by atoms with E-state index < -0.39 is 0 Å². The Morgan fingerprint density at radius 3 is 2.76 bits per heavy atom. The zero-order valence-corrected chi connectivity index (χ0v) is 17.4. The second-order valence-electron chi connectivity index (χ2n) is 9.07. The Labute approximate surface area is 172 Å². The van der Waals surface area contributed by atoms with E-state index in [1.54, 1.807) is 0 Å². The van der Waals surface area contributed by atoms with Gasteiger partial charge in [-0.25, -0.2) is 9.97 Å². The minimum Gasteiger partial charge on any atom is -0.355 e. The predicted octanol–water partition coefficient (Wildman–Crippen LogP) is 3.32. The zero-order valence-electron chi connectivity index (χ0n) is 17.4. The highest BCUT2D eigenvalue weighted by molar-refractivity contribution is 6.11. The standard InChI is InChI=1S/C23H30N6/c1-16-7-10-29(19-6-4-3-5-17(16)19)22-21-18(13-26-22)27-20(14-25-21)28-11-8-23(2,15-24)9-12-28/h3-6,14,16H,7-13,15,24H2,1-2H3/t16-/m1/s1. The van der Waals surface area contributed by atoms with E-state index in [2.05, 4.69) is 47.9 Å². The molecule has 3 aliphatic heterocycles. The summed E-state index contributed by atoms with van der Waals surface area (Å²) >= 11 is 0. The smallest absolute Gasteiger partial charge is 0.156 e. The normalized spacial score (nSPS) is 22.9. The summed E-state index contributed by atoms with van der Waals surface area (Å²) in [5.41, 5.74) is 10.8. The first-order valence-electron chi connectivity index (χ1n) is 10.8. The van der Waals surface area contributed by atoms with E-state index in [0.717, 1.165) is 68.5 Å². The van der Waals surface area contributed by atoms with Crippen molar-refractivity contribution in [3.05, 3.63) is 47.4 Å². The minimum absolute atomic E-state index is 0.260. The topological polar surface area (TPSA) is 70.6 Å². The van der Waals surface area contributed by atoms with Gasteiger partial charge in [-0.3, -0.25) is 4.99 Å². The van der Waals surface area contributed by atoms with Gasteiger partial charge in [-0.15, -0.1) is 0 Å². The molecule has 1 fully saturated rings. The van der Waals surface area contributed by atoms with Crippen molar-refractivity contribution in [2.24, 2.45) is 16.1 Å². The van der Waals surface area contributed by atoms with Crippen LogP contribution in [-0.4, -0.2) is 42.0 Å². The van der Waals surface area contributed by atoms with Crippen LogP contribution in [0, 0.1) is 5.41 Å². The predicted molar refractivity (Wildman–Crippen MR) is 118 cm³/mol. The fraction of sp³-hybridized carbons (Fsp3) is 0.522. The van der Waals surface area contributed by atoms with Crippen molar-refractivity contribution in [1.82, 2.24) is 9.97 Å². The maximum Gasteiger partial charge on any atom is 0.156 e. The molecule has 0 aliphatic carbocycles. The van der Waals surface area contributed by atoms with Crippen molar-refractivity contribution in [3.63, 3.8) is 0 Å². The van der Waals surface area contributed by atoms with E-state index in [4.69, 9.17) is 20.7 Å². The van der Waals surface area contributed by atoms with Gasteiger partial charge in [0.2, 0.25) is 0 Å². The van der Waals surface area contributed by atoms with Gasteiger partial charge in [0.15, 0.2) is 5.84 Å². The fourth-order valence-corrected chi connectivity index (χ4v) is 4.75. The average Bonchev–Trinajstić information content (AvgIpc) is 3.18. The molecule has 0 saturated carbocycles. The quantitative estimate of drug-likeness (QED) is 0.852. The molecule has 2 N–H and O–H groups in total. The second-order valence-corrected chi connectivity index (χ2v) is 9.07. The lowest BCUT2D eigenvalue weighted by Gasteiger charge is -2.39. The van der Waals surface area contributed by atoms with E-state index >= 15 is 0 Å². The van der Waals surface area contributed by atoms with Gasteiger partial charge in [-0.1, -0.05) is 32.0 Å². The molecule has 3 aliphatic rings. The van der Waals surface area contributed by atoms with Gasteiger partial charge in [-0.2, -0.15) is 0 Å². The number of aliphatic imine (C=N–C) groups is 1. The number of amidine groups is 1. The molecular weight excluding hydrogens is 360 g/mol. The second kappa shape index (κ2) is 7.10. The molecule has 0 radical (unpaired) electrons. The molecule has 0 amide bonds. The summed E-state index contributed by atoms with van der Waals surface area (Å²) in [6, 6.07) is 8.68. The number of para-hydroxylation sites is 1. The number of fused-ring (bicyclic) bond motifs is 2. The maximum absolute atomic E-state index is 5.96. The van der Waals surface area contributed by atoms with Crippen molar-refractivity contribution in [1.29, 1.82) is 0 Å². The molecule has 1 saturated heterocycles. The lowest BCUT2D eigenvalue weighted by molar-refractivity contribution is 0.258. The van der Waals surface area contributed by atoms with Crippen molar-refractivity contribution < 1.29 is 0 Å². The van der Waals surface area contributed by atoms with Gasteiger partial charge >= 0.3 is 0 Å². The maximum atomic E-state index is 5.96. The van der Waals surface area contributed by atoms with Gasteiger partial charge < -0.3 is 15.5 Å². The van der Waals surface area contributed by atoms with E-state index in [9.17, 15) is 0 Å². The van der Waals surface area contributed by atoms with E-state index in [-0.39, 0.29) is 5.41 Å². The third-order valence-corrected chi connectivity index (χ3v) is 7.01. The summed E-state index contributed by atoms with van der Waals surface area (Å²) < 4.78 is 0. The molecule has 1 aromatic heterocycles. The van der Waals surface area contributed by atoms with E-state index in [0.29, 0.717) is 12.5 Å². The molecule has 1 atom stereocenters. The number of benzene rings is 1. The van der Waals surface area contributed by atoms with Crippen LogP contribution in [0.4, 0.5) is 11.5 Å². The van der Waals surface area contributed by atoms with Crippen molar-refractivity contribution in [3.8, 4) is 0 Å². The van der Waals surface area contributed by atoms with Crippen molar-refractivity contribution in [2.45, 2.75) is 45.6 Å². The highest BCUT2D eigenvalue weighted by Crippen LogP contribution is 2.37. The zero-order chi connectivity index (χ0) is 20.0. The Morgan fingerprint density at radius 1 is 1.17 bits per heavy atom. The summed E-state index contributed by atoms with van der Waals surface area (Å²) in [7, 11) is 0. The van der Waals surface area contributed by atoms with Gasteiger partial charge in [0.1, 0.15) is 11.5 Å². The molecule has 0 bridgehead atoms. The SMILES string of the molecule is C[C@@H]1CCN(C2=NCc3nc(N4CCC(C)(CN)CC4)cnc32)c2ccccc21. The lowest BCUT2D eigenvalue weighted by Crippen LogP contribution is -2.42. The van der Waals surface area contributed by atoms with Gasteiger partial charge in [-0.05, 0) is 48.8 Å². The molecule has 6 heteroatoms. The Bertz CT molecular complexity index is 944. The van der Waals surface area contributed by atoms with Crippen molar-refractivity contribution >= 4 is 17.3 Å². The van der Waals surface area contributed by atoms with Gasteiger partial charge in [0, 0.05) is 25.3 Å². The number of anilines is 2. The number of hydrogen-bond donors (Lipinski definition) is 1. The number of rotatable bonds is 2. The molecular formula is C23H30N6. The summed E-state index contributed by atoms with van der Waals surface area (Å²) in [5.74, 6) is 2.54. The van der Waals surface area contributed by atoms with Crippen LogP contribution in [0.5, 0.6) is 0 Å². The Hall–Kier alpha value is -2.47.